The van der Waals surface area contributed by atoms with Crippen LogP contribution in [0.15, 0.2) is 18.2 Å². The maximum Gasteiger partial charge on any atom is 0.387 e. The zero-order chi connectivity index (χ0) is 18.8. The van der Waals surface area contributed by atoms with Gasteiger partial charge in [-0.3, -0.25) is 19.3 Å². The third kappa shape index (κ3) is 3.68. The van der Waals surface area contributed by atoms with Gasteiger partial charge in [-0.05, 0) is 49.4 Å². The van der Waals surface area contributed by atoms with Gasteiger partial charge in [-0.1, -0.05) is 6.07 Å². The SMILES string of the molecule is C[C@@H](C(=O)N[C@H]1CCCc2cc(OC(F)F)ccc21)N1C(=O)CCC1=O. The second kappa shape index (κ2) is 7.39. The van der Waals surface area contributed by atoms with E-state index >= 15 is 0 Å². The predicted octanol–water partition coefficient (Wildman–Crippen LogP) is 2.32. The Hall–Kier alpha value is -2.51. The molecule has 3 amide bonds. The van der Waals surface area contributed by atoms with E-state index in [1.807, 2.05) is 0 Å². The Kier molecular flexibility index (Phi) is 5.20. The lowest BCUT2D eigenvalue weighted by molar-refractivity contribution is -0.146. The zero-order valence-electron chi connectivity index (χ0n) is 14.3. The van der Waals surface area contributed by atoms with Crippen LogP contribution in [0.4, 0.5) is 8.78 Å². The van der Waals surface area contributed by atoms with E-state index in [0.29, 0.717) is 12.8 Å². The van der Waals surface area contributed by atoms with Gasteiger partial charge in [0, 0.05) is 12.8 Å². The fourth-order valence-corrected chi connectivity index (χ4v) is 3.55. The molecule has 1 aliphatic carbocycles. The smallest absolute Gasteiger partial charge is 0.387 e. The monoisotopic (exact) mass is 366 g/mol. The van der Waals surface area contributed by atoms with Gasteiger partial charge in [-0.15, -0.1) is 0 Å². The molecule has 1 aromatic rings. The van der Waals surface area contributed by atoms with Crippen LogP contribution in [-0.4, -0.2) is 35.3 Å². The molecule has 2 atom stereocenters. The molecule has 8 heteroatoms. The van der Waals surface area contributed by atoms with Crippen molar-refractivity contribution in [3.63, 3.8) is 0 Å². The molecule has 26 heavy (non-hydrogen) atoms. The van der Waals surface area contributed by atoms with E-state index in [1.165, 1.54) is 13.0 Å². The minimum atomic E-state index is -2.89. The molecule has 0 aromatic heterocycles. The molecular weight excluding hydrogens is 346 g/mol. The van der Waals surface area contributed by atoms with Gasteiger partial charge < -0.3 is 10.1 Å². The van der Waals surface area contributed by atoms with Crippen LogP contribution >= 0.6 is 0 Å². The van der Waals surface area contributed by atoms with Crippen molar-refractivity contribution in [1.29, 1.82) is 0 Å². The maximum absolute atomic E-state index is 12.5. The van der Waals surface area contributed by atoms with Crippen LogP contribution in [0.3, 0.4) is 0 Å². The topological polar surface area (TPSA) is 75.7 Å². The summed E-state index contributed by atoms with van der Waals surface area (Å²) in [6, 6.07) is 3.53. The normalized spacial score (nSPS) is 20.9. The first kappa shape index (κ1) is 18.3. The lowest BCUT2D eigenvalue weighted by atomic mass is 9.87. The molecule has 0 radical (unpaired) electrons. The highest BCUT2D eigenvalue weighted by Crippen LogP contribution is 2.33. The molecule has 6 nitrogen and oxygen atoms in total. The first-order chi connectivity index (χ1) is 12.4. The number of alkyl halides is 2. The van der Waals surface area contributed by atoms with Gasteiger partial charge in [-0.25, -0.2) is 0 Å². The number of hydrogen-bond donors (Lipinski definition) is 1. The van der Waals surface area contributed by atoms with Gasteiger partial charge in [-0.2, -0.15) is 8.78 Å². The van der Waals surface area contributed by atoms with Gasteiger partial charge in [0.2, 0.25) is 17.7 Å². The average Bonchev–Trinajstić information content (AvgIpc) is 2.92. The first-order valence-electron chi connectivity index (χ1n) is 8.59. The summed E-state index contributed by atoms with van der Waals surface area (Å²) in [6.45, 7) is -1.36. The summed E-state index contributed by atoms with van der Waals surface area (Å²) in [5.74, 6) is -0.988. The van der Waals surface area contributed by atoms with Crippen LogP contribution in [0.5, 0.6) is 5.75 Å². The van der Waals surface area contributed by atoms with Crippen LogP contribution < -0.4 is 10.1 Å². The number of nitrogens with zero attached hydrogens (tertiary/aromatic N) is 1. The minimum absolute atomic E-state index is 0.0901. The number of hydrogen-bond acceptors (Lipinski definition) is 4. The molecule has 1 N–H and O–H groups in total. The van der Waals surface area contributed by atoms with Crippen LogP contribution in [0.2, 0.25) is 0 Å². The van der Waals surface area contributed by atoms with Crippen molar-refractivity contribution >= 4 is 17.7 Å². The summed E-state index contributed by atoms with van der Waals surface area (Å²) < 4.78 is 29.1. The first-order valence-corrected chi connectivity index (χ1v) is 8.59. The number of rotatable bonds is 5. The van der Waals surface area contributed by atoms with Crippen LogP contribution in [-0.2, 0) is 20.8 Å². The minimum Gasteiger partial charge on any atom is -0.435 e. The van der Waals surface area contributed by atoms with E-state index in [1.54, 1.807) is 12.1 Å². The van der Waals surface area contributed by atoms with Gasteiger partial charge in [0.1, 0.15) is 11.8 Å². The van der Waals surface area contributed by atoms with Crippen molar-refractivity contribution in [2.45, 2.75) is 57.7 Å². The molecule has 1 heterocycles. The number of nitrogens with one attached hydrogen (secondary N) is 1. The molecular formula is C18H20F2N2O4. The summed E-state index contributed by atoms with van der Waals surface area (Å²) in [7, 11) is 0. The van der Waals surface area contributed by atoms with Gasteiger partial charge in [0.05, 0.1) is 6.04 Å². The lowest BCUT2D eigenvalue weighted by Crippen LogP contribution is -2.48. The van der Waals surface area contributed by atoms with Crippen molar-refractivity contribution < 1.29 is 27.9 Å². The average molecular weight is 366 g/mol. The number of carbonyl (C=O) groups excluding carboxylic acids is 3. The third-order valence-electron chi connectivity index (χ3n) is 4.83. The highest BCUT2D eigenvalue weighted by Gasteiger charge is 2.37. The summed E-state index contributed by atoms with van der Waals surface area (Å²) in [5, 5.41) is 2.88. The van der Waals surface area contributed by atoms with Crippen LogP contribution in [0, 0.1) is 0 Å². The van der Waals surface area contributed by atoms with E-state index < -0.39 is 18.6 Å². The zero-order valence-corrected chi connectivity index (χ0v) is 14.3. The second-order valence-corrected chi connectivity index (χ2v) is 6.53. The molecule has 1 fully saturated rings. The number of halogens is 2. The summed E-state index contributed by atoms with van der Waals surface area (Å²) in [4.78, 5) is 37.1. The van der Waals surface area contributed by atoms with Crippen molar-refractivity contribution in [2.75, 3.05) is 0 Å². The molecule has 0 bridgehead atoms. The van der Waals surface area contributed by atoms with Crippen molar-refractivity contribution in [3.8, 4) is 5.75 Å². The Labute approximate surface area is 149 Å². The number of likely N-dealkylation sites (tertiary alicyclic amines) is 1. The highest BCUT2D eigenvalue weighted by molar-refractivity contribution is 6.05. The van der Waals surface area contributed by atoms with E-state index in [0.717, 1.165) is 22.4 Å². The van der Waals surface area contributed by atoms with E-state index in [-0.39, 0.29) is 36.4 Å². The Morgan fingerprint density at radius 2 is 1.92 bits per heavy atom. The van der Waals surface area contributed by atoms with Crippen molar-refractivity contribution in [1.82, 2.24) is 10.2 Å². The Morgan fingerprint density at radius 3 is 2.58 bits per heavy atom. The summed E-state index contributed by atoms with van der Waals surface area (Å²) >= 11 is 0. The Bertz CT molecular complexity index is 722. The largest absolute Gasteiger partial charge is 0.435 e. The van der Waals surface area contributed by atoms with Crippen LogP contribution in [0.1, 0.15) is 49.8 Å². The predicted molar refractivity (Wildman–Crippen MR) is 87.4 cm³/mol. The molecule has 1 aliphatic heterocycles. The number of fused-ring (bicyclic) bond motifs is 1. The number of aryl methyl sites for hydroxylation is 1. The van der Waals surface area contributed by atoms with Crippen molar-refractivity contribution in [3.05, 3.63) is 29.3 Å². The molecule has 0 spiro atoms. The van der Waals surface area contributed by atoms with E-state index in [2.05, 4.69) is 10.1 Å². The molecule has 0 saturated carbocycles. The van der Waals surface area contributed by atoms with Gasteiger partial charge in [0.15, 0.2) is 0 Å². The second-order valence-electron chi connectivity index (χ2n) is 6.53. The third-order valence-corrected chi connectivity index (χ3v) is 4.83. The molecule has 1 saturated heterocycles. The lowest BCUT2D eigenvalue weighted by Gasteiger charge is -2.29. The quantitative estimate of drug-likeness (QED) is 0.812. The number of imide groups is 1. The molecule has 0 unspecified atom stereocenters. The van der Waals surface area contributed by atoms with E-state index in [9.17, 15) is 23.2 Å². The number of amides is 3. The maximum atomic E-state index is 12.5. The summed E-state index contributed by atoms with van der Waals surface area (Å²) in [6.07, 6.45) is 2.46. The molecule has 2 aliphatic rings. The van der Waals surface area contributed by atoms with E-state index in [4.69, 9.17) is 0 Å². The highest BCUT2D eigenvalue weighted by atomic mass is 19.3. The number of carbonyl (C=O) groups is 3. The van der Waals surface area contributed by atoms with Crippen LogP contribution in [0.25, 0.3) is 0 Å². The van der Waals surface area contributed by atoms with Gasteiger partial charge >= 0.3 is 6.61 Å². The number of ether oxygens (including phenoxy) is 1. The molecule has 140 valence electrons. The molecule has 3 rings (SSSR count). The van der Waals surface area contributed by atoms with Crippen molar-refractivity contribution in [2.24, 2.45) is 0 Å². The standard InChI is InChI=1S/C18H20F2N2O4/c1-10(22-15(23)7-8-16(22)24)17(25)21-14-4-2-3-11-9-12(26-18(19)20)5-6-13(11)14/h5-6,9-10,14,18H,2-4,7-8H2,1H3,(H,21,25)/t10-,14-/m0/s1. The Morgan fingerprint density at radius 1 is 1.23 bits per heavy atom. The summed E-state index contributed by atoms with van der Waals surface area (Å²) in [5.41, 5.74) is 1.69. The number of benzene rings is 1. The fraction of sp³-hybridized carbons (Fsp3) is 0.500. The Balaban J connectivity index is 1.72. The van der Waals surface area contributed by atoms with Gasteiger partial charge in [0.25, 0.3) is 0 Å². The molecule has 1 aromatic carbocycles. The fourth-order valence-electron chi connectivity index (χ4n) is 3.55.